The summed E-state index contributed by atoms with van der Waals surface area (Å²) >= 11 is 0. The average molecular weight is 333 g/mol. The standard InChI is InChI=1S/C12H16N4O3S.ClH/c17-12(14-9-3-4-13-8-9)10-2-1-5-16-6-7-20(18,19)15-11(10)16;/h1-2,5,9,13H,3-4,6-8H2,(H,14,17);1H. The molecule has 3 aliphatic heterocycles. The second-order valence-electron chi connectivity index (χ2n) is 4.98. The second kappa shape index (κ2) is 6.17. The molecule has 3 heterocycles. The largest absolute Gasteiger partial charge is 0.348 e. The Bertz CT molecular complexity index is 620. The highest BCUT2D eigenvalue weighted by Gasteiger charge is 2.30. The van der Waals surface area contributed by atoms with Crippen LogP contribution in [0.4, 0.5) is 0 Å². The summed E-state index contributed by atoms with van der Waals surface area (Å²) in [5, 5.41) is 6.07. The fourth-order valence-electron chi connectivity index (χ4n) is 2.43. The van der Waals surface area contributed by atoms with Gasteiger partial charge in [-0.15, -0.1) is 16.8 Å². The van der Waals surface area contributed by atoms with Gasteiger partial charge in [-0.2, -0.15) is 0 Å². The maximum absolute atomic E-state index is 12.3. The van der Waals surface area contributed by atoms with Gasteiger partial charge in [-0.1, -0.05) is 0 Å². The summed E-state index contributed by atoms with van der Waals surface area (Å²) in [4.78, 5) is 14.0. The van der Waals surface area contributed by atoms with Gasteiger partial charge in [0.1, 0.15) is 0 Å². The highest BCUT2D eigenvalue weighted by atomic mass is 35.5. The molecule has 21 heavy (non-hydrogen) atoms. The topological polar surface area (TPSA) is 90.9 Å². The van der Waals surface area contributed by atoms with Crippen LogP contribution in [0.1, 0.15) is 6.42 Å². The third-order valence-electron chi connectivity index (χ3n) is 3.50. The lowest BCUT2D eigenvalue weighted by atomic mass is 10.1. The molecule has 0 spiro atoms. The molecule has 1 amide bonds. The second-order valence-corrected chi connectivity index (χ2v) is 6.73. The Morgan fingerprint density at radius 3 is 3.00 bits per heavy atom. The minimum absolute atomic E-state index is 0. The summed E-state index contributed by atoms with van der Waals surface area (Å²) in [5.74, 6) is -0.0754. The molecular formula is C12H17ClN4O3S. The van der Waals surface area contributed by atoms with Crippen molar-refractivity contribution < 1.29 is 13.2 Å². The van der Waals surface area contributed by atoms with E-state index in [1.54, 1.807) is 23.3 Å². The predicted molar refractivity (Wildman–Crippen MR) is 81.8 cm³/mol. The van der Waals surface area contributed by atoms with Crippen molar-refractivity contribution in [1.29, 1.82) is 0 Å². The number of nitrogens with one attached hydrogen (secondary N) is 2. The van der Waals surface area contributed by atoms with Crippen molar-refractivity contribution in [1.82, 2.24) is 15.5 Å². The molecule has 1 atom stereocenters. The SMILES string of the molecule is Cl.O=C(NC1CCNC1)C1=CC=CN2CCS(=O)(=O)N=C12. The zero-order chi connectivity index (χ0) is 14.2. The van der Waals surface area contributed by atoms with Crippen LogP contribution in [-0.2, 0) is 14.8 Å². The Kier molecular flexibility index (Phi) is 4.70. The molecule has 3 aliphatic rings. The number of sulfonamides is 1. The van der Waals surface area contributed by atoms with Crippen LogP contribution in [0.2, 0.25) is 0 Å². The molecule has 9 heteroatoms. The maximum atomic E-state index is 12.3. The zero-order valence-corrected chi connectivity index (χ0v) is 12.9. The molecule has 0 aliphatic carbocycles. The Balaban J connectivity index is 0.00000161. The van der Waals surface area contributed by atoms with E-state index in [2.05, 4.69) is 15.0 Å². The van der Waals surface area contributed by atoms with E-state index in [1.165, 1.54) is 0 Å². The number of rotatable bonds is 2. The molecule has 3 rings (SSSR count). The molecule has 0 radical (unpaired) electrons. The molecule has 7 nitrogen and oxygen atoms in total. The van der Waals surface area contributed by atoms with Gasteiger partial charge in [0.15, 0.2) is 5.84 Å². The molecule has 116 valence electrons. The van der Waals surface area contributed by atoms with Gasteiger partial charge >= 0.3 is 0 Å². The number of nitrogens with zero attached hydrogens (tertiary/aromatic N) is 2. The molecule has 0 aromatic carbocycles. The van der Waals surface area contributed by atoms with Gasteiger partial charge in [-0.05, 0) is 25.1 Å². The molecule has 0 aromatic heterocycles. The summed E-state index contributed by atoms with van der Waals surface area (Å²) in [7, 11) is -3.47. The Hall–Kier alpha value is -1.38. The monoisotopic (exact) mass is 332 g/mol. The van der Waals surface area contributed by atoms with Gasteiger partial charge in [-0.25, -0.2) is 8.42 Å². The van der Waals surface area contributed by atoms with Crippen molar-refractivity contribution in [2.24, 2.45) is 4.40 Å². The first-order valence-electron chi connectivity index (χ1n) is 6.55. The van der Waals surface area contributed by atoms with Crippen LogP contribution >= 0.6 is 12.4 Å². The van der Waals surface area contributed by atoms with E-state index < -0.39 is 10.0 Å². The quantitative estimate of drug-likeness (QED) is 0.703. The molecule has 0 aromatic rings. The Morgan fingerprint density at radius 2 is 2.29 bits per heavy atom. The zero-order valence-electron chi connectivity index (χ0n) is 11.3. The number of allylic oxidation sites excluding steroid dienone is 2. The first-order chi connectivity index (χ1) is 9.55. The molecular weight excluding hydrogens is 316 g/mol. The molecule has 0 bridgehead atoms. The number of carbonyl (C=O) groups excluding carboxylic acids is 1. The Morgan fingerprint density at radius 1 is 1.48 bits per heavy atom. The molecule has 1 fully saturated rings. The summed E-state index contributed by atoms with van der Waals surface area (Å²) in [6, 6.07) is 0.0866. The summed E-state index contributed by atoms with van der Waals surface area (Å²) < 4.78 is 27.0. The smallest absolute Gasteiger partial charge is 0.256 e. The van der Waals surface area contributed by atoms with Crippen LogP contribution in [0.3, 0.4) is 0 Å². The van der Waals surface area contributed by atoms with E-state index in [4.69, 9.17) is 0 Å². The van der Waals surface area contributed by atoms with E-state index in [1.807, 2.05) is 0 Å². The van der Waals surface area contributed by atoms with Crippen molar-refractivity contribution in [2.75, 3.05) is 25.4 Å². The number of hydrogen-bond acceptors (Lipinski definition) is 5. The van der Waals surface area contributed by atoms with Gasteiger partial charge in [-0.3, -0.25) is 4.79 Å². The van der Waals surface area contributed by atoms with Crippen molar-refractivity contribution in [2.45, 2.75) is 12.5 Å². The minimum atomic E-state index is -3.47. The van der Waals surface area contributed by atoms with Gasteiger partial charge in [0.25, 0.3) is 15.9 Å². The normalized spacial score (nSPS) is 26.3. The maximum Gasteiger partial charge on any atom is 0.256 e. The summed E-state index contributed by atoms with van der Waals surface area (Å²) in [6.45, 7) is 1.95. The lowest BCUT2D eigenvalue weighted by Crippen LogP contribution is -2.44. The minimum Gasteiger partial charge on any atom is -0.348 e. The van der Waals surface area contributed by atoms with Crippen LogP contribution in [-0.4, -0.2) is 56.5 Å². The van der Waals surface area contributed by atoms with E-state index in [9.17, 15) is 13.2 Å². The number of amidine groups is 1. The van der Waals surface area contributed by atoms with Crippen molar-refractivity contribution >= 4 is 34.2 Å². The molecule has 1 saturated heterocycles. The third-order valence-corrected chi connectivity index (χ3v) is 4.65. The fraction of sp³-hybridized carbons (Fsp3) is 0.500. The van der Waals surface area contributed by atoms with Crippen LogP contribution in [0.5, 0.6) is 0 Å². The highest BCUT2D eigenvalue weighted by molar-refractivity contribution is 7.90. The first kappa shape index (κ1) is 16.0. The number of halogens is 1. The predicted octanol–water partition coefficient (Wildman–Crippen LogP) is -0.616. The molecule has 1 unspecified atom stereocenters. The van der Waals surface area contributed by atoms with E-state index >= 15 is 0 Å². The number of hydrogen-bond donors (Lipinski definition) is 2. The summed E-state index contributed by atoms with van der Waals surface area (Å²) in [5.41, 5.74) is 0.308. The van der Waals surface area contributed by atoms with Crippen LogP contribution in [0, 0.1) is 0 Å². The van der Waals surface area contributed by atoms with E-state index in [0.717, 1.165) is 19.5 Å². The van der Waals surface area contributed by atoms with Gasteiger partial charge in [0.2, 0.25) is 0 Å². The van der Waals surface area contributed by atoms with Crippen molar-refractivity contribution in [3.05, 3.63) is 23.9 Å². The van der Waals surface area contributed by atoms with Crippen molar-refractivity contribution in [3.63, 3.8) is 0 Å². The highest BCUT2D eigenvalue weighted by Crippen LogP contribution is 2.18. The Labute approximate surface area is 129 Å². The average Bonchev–Trinajstić information content (AvgIpc) is 2.89. The van der Waals surface area contributed by atoms with Crippen LogP contribution in [0.25, 0.3) is 0 Å². The third kappa shape index (κ3) is 3.45. The van der Waals surface area contributed by atoms with Gasteiger partial charge in [0, 0.05) is 25.3 Å². The van der Waals surface area contributed by atoms with Gasteiger partial charge < -0.3 is 15.5 Å². The van der Waals surface area contributed by atoms with Crippen LogP contribution in [0.15, 0.2) is 28.3 Å². The number of carbonyl (C=O) groups is 1. The van der Waals surface area contributed by atoms with E-state index in [-0.39, 0.29) is 35.9 Å². The van der Waals surface area contributed by atoms with E-state index in [0.29, 0.717) is 12.1 Å². The lowest BCUT2D eigenvalue weighted by molar-refractivity contribution is -0.117. The van der Waals surface area contributed by atoms with Crippen molar-refractivity contribution in [3.8, 4) is 0 Å². The number of amides is 1. The van der Waals surface area contributed by atoms with Crippen LogP contribution < -0.4 is 10.6 Å². The summed E-state index contributed by atoms with van der Waals surface area (Å²) in [6.07, 6.45) is 5.96. The number of fused-ring (bicyclic) bond motifs is 1. The fourth-order valence-corrected chi connectivity index (χ4v) is 3.42. The van der Waals surface area contributed by atoms with Gasteiger partial charge in [0.05, 0.1) is 11.3 Å². The lowest BCUT2D eigenvalue weighted by Gasteiger charge is -2.29. The first-order valence-corrected chi connectivity index (χ1v) is 8.16. The molecule has 0 saturated carbocycles. The molecule has 2 N–H and O–H groups in total.